The summed E-state index contributed by atoms with van der Waals surface area (Å²) in [7, 11) is 1.57. The lowest BCUT2D eigenvalue weighted by molar-refractivity contribution is 0.214. The number of ether oxygens (including phenoxy) is 2. The zero-order valence-corrected chi connectivity index (χ0v) is 12.9. The minimum Gasteiger partial charge on any atom is -0.496 e. The van der Waals surface area contributed by atoms with Gasteiger partial charge in [-0.25, -0.2) is 0 Å². The van der Waals surface area contributed by atoms with Gasteiger partial charge in [0, 0.05) is 10.6 Å². The summed E-state index contributed by atoms with van der Waals surface area (Å²) in [5.74, 6) is 1.41. The molecule has 21 heavy (non-hydrogen) atoms. The average Bonchev–Trinajstić information content (AvgIpc) is 2.52. The van der Waals surface area contributed by atoms with Gasteiger partial charge in [0.1, 0.15) is 17.6 Å². The zero-order valence-electron chi connectivity index (χ0n) is 12.2. The minimum atomic E-state index is -0.793. The minimum absolute atomic E-state index is 0.563. The lowest BCUT2D eigenvalue weighted by atomic mass is 10.0. The summed E-state index contributed by atoms with van der Waals surface area (Å²) in [5, 5.41) is 11.1. The Morgan fingerprint density at radius 3 is 2.48 bits per heavy atom. The Hall–Kier alpha value is -1.71. The number of aliphatic hydroxyl groups excluding tert-OH is 1. The summed E-state index contributed by atoms with van der Waals surface area (Å²) in [4.78, 5) is 0. The van der Waals surface area contributed by atoms with Crippen LogP contribution in [0.5, 0.6) is 11.5 Å². The van der Waals surface area contributed by atoms with E-state index in [1.54, 1.807) is 25.3 Å². The molecule has 4 heteroatoms. The SMILES string of the molecule is CCCOc1ccc(C(O)c2cc(Cl)ccc2OC)cc1. The average molecular weight is 307 g/mol. The van der Waals surface area contributed by atoms with Crippen LogP contribution in [-0.4, -0.2) is 18.8 Å². The van der Waals surface area contributed by atoms with Crippen molar-refractivity contribution < 1.29 is 14.6 Å². The van der Waals surface area contributed by atoms with E-state index in [0.717, 1.165) is 17.7 Å². The first-order valence-corrected chi connectivity index (χ1v) is 7.27. The summed E-state index contributed by atoms with van der Waals surface area (Å²) in [5.41, 5.74) is 1.41. The van der Waals surface area contributed by atoms with E-state index in [9.17, 15) is 5.11 Å². The van der Waals surface area contributed by atoms with Crippen LogP contribution in [0.4, 0.5) is 0 Å². The molecule has 0 saturated carbocycles. The smallest absolute Gasteiger partial charge is 0.125 e. The quantitative estimate of drug-likeness (QED) is 0.868. The predicted molar refractivity (Wildman–Crippen MR) is 84.3 cm³/mol. The predicted octanol–water partition coefficient (Wildman–Crippen LogP) is 4.22. The molecule has 0 aromatic heterocycles. The molecular formula is C17H19ClO3. The second kappa shape index (κ2) is 7.34. The summed E-state index contributed by atoms with van der Waals surface area (Å²) in [6.45, 7) is 2.74. The zero-order chi connectivity index (χ0) is 15.2. The fourth-order valence-corrected chi connectivity index (χ4v) is 2.25. The molecule has 0 radical (unpaired) electrons. The van der Waals surface area contributed by atoms with Crippen molar-refractivity contribution in [2.24, 2.45) is 0 Å². The van der Waals surface area contributed by atoms with E-state index in [-0.39, 0.29) is 0 Å². The van der Waals surface area contributed by atoms with Crippen molar-refractivity contribution >= 4 is 11.6 Å². The molecule has 1 unspecified atom stereocenters. The number of hydrogen-bond donors (Lipinski definition) is 1. The molecule has 3 nitrogen and oxygen atoms in total. The van der Waals surface area contributed by atoms with E-state index in [4.69, 9.17) is 21.1 Å². The van der Waals surface area contributed by atoms with E-state index < -0.39 is 6.10 Å². The highest BCUT2D eigenvalue weighted by Gasteiger charge is 2.16. The Bertz CT molecular complexity index is 581. The third kappa shape index (κ3) is 3.90. The van der Waals surface area contributed by atoms with Crippen LogP contribution in [0.3, 0.4) is 0 Å². The molecule has 2 aromatic carbocycles. The van der Waals surface area contributed by atoms with Crippen molar-refractivity contribution in [1.82, 2.24) is 0 Å². The molecule has 0 bridgehead atoms. The Balaban J connectivity index is 2.23. The van der Waals surface area contributed by atoms with E-state index in [1.807, 2.05) is 24.3 Å². The number of hydrogen-bond acceptors (Lipinski definition) is 3. The molecule has 1 atom stereocenters. The topological polar surface area (TPSA) is 38.7 Å². The Labute approximate surface area is 130 Å². The van der Waals surface area contributed by atoms with Gasteiger partial charge in [0.25, 0.3) is 0 Å². The van der Waals surface area contributed by atoms with Gasteiger partial charge in [-0.1, -0.05) is 30.7 Å². The van der Waals surface area contributed by atoms with Gasteiger partial charge in [0.05, 0.1) is 13.7 Å². The number of aliphatic hydroxyl groups is 1. The maximum atomic E-state index is 10.5. The van der Waals surface area contributed by atoms with Gasteiger partial charge in [0.15, 0.2) is 0 Å². The van der Waals surface area contributed by atoms with Crippen molar-refractivity contribution in [2.45, 2.75) is 19.4 Å². The van der Waals surface area contributed by atoms with Gasteiger partial charge >= 0.3 is 0 Å². The molecule has 2 aromatic rings. The third-order valence-electron chi connectivity index (χ3n) is 3.16. The number of benzene rings is 2. The largest absolute Gasteiger partial charge is 0.496 e. The van der Waals surface area contributed by atoms with Crippen LogP contribution in [-0.2, 0) is 0 Å². The van der Waals surface area contributed by atoms with Gasteiger partial charge in [0.2, 0.25) is 0 Å². The standard InChI is InChI=1S/C17H19ClO3/c1-3-10-21-14-7-4-12(5-8-14)17(19)15-11-13(18)6-9-16(15)20-2/h4-9,11,17,19H,3,10H2,1-2H3. The normalized spacial score (nSPS) is 12.0. The molecule has 0 spiro atoms. The van der Waals surface area contributed by atoms with Crippen LogP contribution >= 0.6 is 11.6 Å². The summed E-state index contributed by atoms with van der Waals surface area (Å²) in [6, 6.07) is 12.6. The first-order chi connectivity index (χ1) is 10.2. The van der Waals surface area contributed by atoms with Crippen molar-refractivity contribution in [3.05, 3.63) is 58.6 Å². The number of halogens is 1. The fourth-order valence-electron chi connectivity index (χ4n) is 2.06. The van der Waals surface area contributed by atoms with Crippen LogP contribution < -0.4 is 9.47 Å². The monoisotopic (exact) mass is 306 g/mol. The Morgan fingerprint density at radius 1 is 1.14 bits per heavy atom. The number of rotatable bonds is 6. The molecule has 0 amide bonds. The van der Waals surface area contributed by atoms with Crippen molar-refractivity contribution in [2.75, 3.05) is 13.7 Å². The first kappa shape index (κ1) is 15.7. The number of methoxy groups -OCH3 is 1. The van der Waals surface area contributed by atoms with Crippen molar-refractivity contribution in [3.8, 4) is 11.5 Å². The molecule has 0 aliphatic carbocycles. The van der Waals surface area contributed by atoms with Gasteiger partial charge in [-0.3, -0.25) is 0 Å². The Morgan fingerprint density at radius 2 is 1.86 bits per heavy atom. The van der Waals surface area contributed by atoms with Gasteiger partial charge in [-0.2, -0.15) is 0 Å². The van der Waals surface area contributed by atoms with Crippen LogP contribution in [0.2, 0.25) is 5.02 Å². The third-order valence-corrected chi connectivity index (χ3v) is 3.39. The fraction of sp³-hybridized carbons (Fsp3) is 0.294. The van der Waals surface area contributed by atoms with E-state index in [0.29, 0.717) is 22.9 Å². The highest BCUT2D eigenvalue weighted by Crippen LogP contribution is 2.32. The highest BCUT2D eigenvalue weighted by molar-refractivity contribution is 6.30. The molecule has 0 aliphatic heterocycles. The molecule has 112 valence electrons. The molecule has 0 saturated heterocycles. The van der Waals surface area contributed by atoms with E-state index in [2.05, 4.69) is 6.92 Å². The Kier molecular flexibility index (Phi) is 5.48. The van der Waals surface area contributed by atoms with Gasteiger partial charge in [-0.15, -0.1) is 0 Å². The van der Waals surface area contributed by atoms with Gasteiger partial charge in [-0.05, 0) is 42.3 Å². The van der Waals surface area contributed by atoms with Crippen LogP contribution in [0.1, 0.15) is 30.6 Å². The van der Waals surface area contributed by atoms with Crippen molar-refractivity contribution in [3.63, 3.8) is 0 Å². The first-order valence-electron chi connectivity index (χ1n) is 6.90. The molecule has 2 rings (SSSR count). The molecule has 1 N–H and O–H groups in total. The highest BCUT2D eigenvalue weighted by atomic mass is 35.5. The van der Waals surface area contributed by atoms with Crippen LogP contribution in [0.15, 0.2) is 42.5 Å². The van der Waals surface area contributed by atoms with E-state index >= 15 is 0 Å². The molecule has 0 aliphatic rings. The van der Waals surface area contributed by atoms with Crippen LogP contribution in [0, 0.1) is 0 Å². The molecular weight excluding hydrogens is 288 g/mol. The molecule has 0 fully saturated rings. The summed E-state index contributed by atoms with van der Waals surface area (Å²) >= 11 is 6.00. The summed E-state index contributed by atoms with van der Waals surface area (Å²) in [6.07, 6.45) is 0.170. The van der Waals surface area contributed by atoms with Crippen molar-refractivity contribution in [1.29, 1.82) is 0 Å². The van der Waals surface area contributed by atoms with Crippen LogP contribution in [0.25, 0.3) is 0 Å². The summed E-state index contributed by atoms with van der Waals surface area (Å²) < 4.78 is 10.8. The lowest BCUT2D eigenvalue weighted by Gasteiger charge is -2.16. The van der Waals surface area contributed by atoms with Gasteiger partial charge < -0.3 is 14.6 Å². The second-order valence-electron chi connectivity index (χ2n) is 4.71. The maximum Gasteiger partial charge on any atom is 0.125 e. The van der Waals surface area contributed by atoms with E-state index in [1.165, 1.54) is 0 Å². The maximum absolute atomic E-state index is 10.5. The molecule has 0 heterocycles. The lowest BCUT2D eigenvalue weighted by Crippen LogP contribution is -2.03. The second-order valence-corrected chi connectivity index (χ2v) is 5.14.